The predicted molar refractivity (Wildman–Crippen MR) is 142 cm³/mol. The summed E-state index contributed by atoms with van der Waals surface area (Å²) in [5.74, 6) is 2.56. The van der Waals surface area contributed by atoms with Crippen molar-refractivity contribution in [2.45, 2.75) is 123 Å². The van der Waals surface area contributed by atoms with E-state index in [1.54, 1.807) is 11.3 Å². The lowest BCUT2D eigenvalue weighted by molar-refractivity contribution is 0.300. The van der Waals surface area contributed by atoms with Crippen molar-refractivity contribution >= 4 is 11.3 Å². The van der Waals surface area contributed by atoms with Crippen molar-refractivity contribution in [2.24, 2.45) is 5.92 Å². The number of ether oxygens (including phenoxy) is 1. The van der Waals surface area contributed by atoms with Crippen molar-refractivity contribution in [1.82, 2.24) is 10.2 Å². The average molecular weight is 471 g/mol. The third-order valence-electron chi connectivity index (χ3n) is 7.19. The lowest BCUT2D eigenvalue weighted by atomic mass is 9.76. The molecule has 1 fully saturated rings. The monoisotopic (exact) mass is 470 g/mol. The van der Waals surface area contributed by atoms with Crippen LogP contribution < -0.4 is 4.74 Å². The summed E-state index contributed by atoms with van der Waals surface area (Å²) in [7, 11) is 0. The Kier molecular flexibility index (Phi) is 11.7. The van der Waals surface area contributed by atoms with Gasteiger partial charge in [0.15, 0.2) is 0 Å². The quantitative estimate of drug-likeness (QED) is 0.243. The van der Waals surface area contributed by atoms with E-state index in [1.165, 1.54) is 99.6 Å². The van der Waals surface area contributed by atoms with E-state index in [2.05, 4.69) is 49.2 Å². The van der Waals surface area contributed by atoms with Crippen molar-refractivity contribution in [2.75, 3.05) is 6.61 Å². The number of aromatic nitrogens is 2. The Labute approximate surface area is 206 Å². The summed E-state index contributed by atoms with van der Waals surface area (Å²) < 4.78 is 6.02. The maximum atomic E-state index is 6.02. The molecule has 0 atom stereocenters. The van der Waals surface area contributed by atoms with Crippen LogP contribution in [0, 0.1) is 5.92 Å². The third-order valence-corrected chi connectivity index (χ3v) is 8.21. The topological polar surface area (TPSA) is 35.0 Å². The molecular formula is C29H46N2OS. The minimum atomic E-state index is 0.619. The van der Waals surface area contributed by atoms with Gasteiger partial charge < -0.3 is 4.74 Å². The van der Waals surface area contributed by atoms with Gasteiger partial charge in [-0.15, -0.1) is 10.2 Å². The minimum Gasteiger partial charge on any atom is -0.494 e. The molecule has 33 heavy (non-hydrogen) atoms. The smallest absolute Gasteiger partial charge is 0.148 e. The molecule has 184 valence electrons. The highest BCUT2D eigenvalue weighted by atomic mass is 32.1. The third kappa shape index (κ3) is 8.38. The first-order valence-electron chi connectivity index (χ1n) is 13.8. The van der Waals surface area contributed by atoms with E-state index in [-0.39, 0.29) is 0 Å². The highest BCUT2D eigenvalue weighted by Crippen LogP contribution is 2.43. The fraction of sp³-hybridized carbons (Fsp3) is 0.724. The Morgan fingerprint density at radius 3 is 2.36 bits per heavy atom. The zero-order chi connectivity index (χ0) is 23.3. The molecule has 0 unspecified atom stereocenters. The first kappa shape index (κ1) is 26.2. The van der Waals surface area contributed by atoms with E-state index in [4.69, 9.17) is 4.74 Å². The Hall–Kier alpha value is -1.42. The van der Waals surface area contributed by atoms with Crippen molar-refractivity contribution in [3.63, 3.8) is 0 Å². The van der Waals surface area contributed by atoms with E-state index in [0.29, 0.717) is 5.92 Å². The molecule has 0 bridgehead atoms. The van der Waals surface area contributed by atoms with Gasteiger partial charge in [0.25, 0.3) is 0 Å². The molecule has 3 nitrogen and oxygen atoms in total. The molecule has 0 N–H and O–H groups in total. The predicted octanol–water partition coefficient (Wildman–Crippen LogP) is 9.36. The first-order valence-corrected chi connectivity index (χ1v) is 14.7. The molecule has 0 spiro atoms. The van der Waals surface area contributed by atoms with E-state index in [1.807, 2.05) is 0 Å². The summed E-state index contributed by atoms with van der Waals surface area (Å²) in [6.45, 7) is 7.52. The van der Waals surface area contributed by atoms with Crippen molar-refractivity contribution < 1.29 is 4.74 Å². The zero-order valence-corrected chi connectivity index (χ0v) is 22.2. The average Bonchev–Trinajstić information content (AvgIpc) is 3.32. The molecule has 0 radical (unpaired) electrons. The number of hydrogen-bond donors (Lipinski definition) is 0. The normalized spacial score (nSPS) is 18.5. The molecule has 1 saturated carbocycles. The highest BCUT2D eigenvalue weighted by Gasteiger charge is 2.25. The van der Waals surface area contributed by atoms with E-state index < -0.39 is 0 Å². The number of rotatable bonds is 15. The molecule has 4 heteroatoms. The van der Waals surface area contributed by atoms with Crippen LogP contribution >= 0.6 is 11.3 Å². The van der Waals surface area contributed by atoms with Gasteiger partial charge in [-0.3, -0.25) is 0 Å². The minimum absolute atomic E-state index is 0.619. The summed E-state index contributed by atoms with van der Waals surface area (Å²) >= 11 is 1.80. The first-order chi connectivity index (χ1) is 16.2. The van der Waals surface area contributed by atoms with Crippen LogP contribution in [-0.4, -0.2) is 16.8 Å². The largest absolute Gasteiger partial charge is 0.494 e. The standard InChI is InChI=1S/C29H46N2OS/c1-4-7-9-10-12-14-28-30-31-29(33-28)26-20-19-25(32-21-6-3)22-27(26)24-17-15-23(16-18-24)13-11-8-5-2/h19-20,22-24H,4-18,21H2,1-3H3. The van der Waals surface area contributed by atoms with E-state index >= 15 is 0 Å². The van der Waals surface area contributed by atoms with E-state index in [9.17, 15) is 0 Å². The fourth-order valence-corrected chi connectivity index (χ4v) is 6.10. The lowest BCUT2D eigenvalue weighted by Gasteiger charge is -2.30. The maximum Gasteiger partial charge on any atom is 0.148 e. The van der Waals surface area contributed by atoms with Crippen LogP contribution in [0.2, 0.25) is 0 Å². The van der Waals surface area contributed by atoms with Gasteiger partial charge in [-0.25, -0.2) is 0 Å². The molecule has 0 amide bonds. The summed E-state index contributed by atoms with van der Waals surface area (Å²) in [6.07, 6.45) is 19.5. The molecular weight excluding hydrogens is 424 g/mol. The van der Waals surface area contributed by atoms with Crippen LogP contribution in [0.3, 0.4) is 0 Å². The molecule has 3 rings (SSSR count). The number of benzene rings is 1. The molecule has 1 aliphatic carbocycles. The van der Waals surface area contributed by atoms with Crippen LogP contribution in [0.5, 0.6) is 5.75 Å². The SMILES string of the molecule is CCCCCCCc1nnc(-c2ccc(OCCC)cc2C2CCC(CCCCC)CC2)s1. The number of hydrogen-bond acceptors (Lipinski definition) is 4. The second kappa shape index (κ2) is 14.8. The molecule has 1 aliphatic rings. The lowest BCUT2D eigenvalue weighted by Crippen LogP contribution is -2.14. The number of aryl methyl sites for hydroxylation is 1. The summed E-state index contributed by atoms with van der Waals surface area (Å²) in [5, 5.41) is 11.5. The van der Waals surface area contributed by atoms with Crippen LogP contribution in [0.25, 0.3) is 10.6 Å². The summed E-state index contributed by atoms with van der Waals surface area (Å²) in [4.78, 5) is 0. The van der Waals surface area contributed by atoms with Crippen LogP contribution in [0.1, 0.15) is 127 Å². The zero-order valence-electron chi connectivity index (χ0n) is 21.4. The van der Waals surface area contributed by atoms with Gasteiger partial charge >= 0.3 is 0 Å². The Morgan fingerprint density at radius 1 is 0.848 bits per heavy atom. The van der Waals surface area contributed by atoms with Gasteiger partial charge in [0.2, 0.25) is 0 Å². The van der Waals surface area contributed by atoms with Crippen LogP contribution in [0.15, 0.2) is 18.2 Å². The van der Waals surface area contributed by atoms with Gasteiger partial charge in [-0.2, -0.15) is 0 Å². The van der Waals surface area contributed by atoms with Crippen molar-refractivity contribution in [1.29, 1.82) is 0 Å². The maximum absolute atomic E-state index is 6.02. The van der Waals surface area contributed by atoms with Gasteiger partial charge in [-0.1, -0.05) is 83.5 Å². The Bertz CT molecular complexity index is 795. The molecule has 1 heterocycles. The van der Waals surface area contributed by atoms with E-state index in [0.717, 1.165) is 36.1 Å². The van der Waals surface area contributed by atoms with Gasteiger partial charge in [0.1, 0.15) is 15.8 Å². The summed E-state index contributed by atoms with van der Waals surface area (Å²) in [5.41, 5.74) is 2.74. The molecule has 2 aromatic rings. The van der Waals surface area contributed by atoms with Crippen LogP contribution in [-0.2, 0) is 6.42 Å². The van der Waals surface area contributed by atoms with Crippen LogP contribution in [0.4, 0.5) is 0 Å². The Morgan fingerprint density at radius 2 is 1.61 bits per heavy atom. The van der Waals surface area contributed by atoms with Gasteiger partial charge in [0.05, 0.1) is 6.61 Å². The van der Waals surface area contributed by atoms with Crippen molar-refractivity contribution in [3.05, 3.63) is 28.8 Å². The second-order valence-electron chi connectivity index (χ2n) is 9.98. The summed E-state index contributed by atoms with van der Waals surface area (Å²) in [6, 6.07) is 6.70. The Balaban J connectivity index is 1.69. The molecule has 1 aromatic carbocycles. The van der Waals surface area contributed by atoms with Gasteiger partial charge in [-0.05, 0) is 74.1 Å². The highest BCUT2D eigenvalue weighted by molar-refractivity contribution is 7.14. The number of unbranched alkanes of at least 4 members (excludes halogenated alkanes) is 6. The second-order valence-corrected chi connectivity index (χ2v) is 11.0. The molecule has 1 aromatic heterocycles. The fourth-order valence-electron chi connectivity index (χ4n) is 5.17. The molecule has 0 saturated heterocycles. The number of nitrogens with zero attached hydrogens (tertiary/aromatic N) is 2. The van der Waals surface area contributed by atoms with Crippen molar-refractivity contribution in [3.8, 4) is 16.3 Å². The van der Waals surface area contributed by atoms with Gasteiger partial charge in [0, 0.05) is 12.0 Å². The molecule has 0 aliphatic heterocycles.